The van der Waals surface area contributed by atoms with Crippen molar-refractivity contribution in [2.24, 2.45) is 0 Å². The Bertz CT molecular complexity index is 597. The number of nitrogens with zero attached hydrogens (tertiary/aromatic N) is 2. The van der Waals surface area contributed by atoms with Gasteiger partial charge >= 0.3 is 0 Å². The summed E-state index contributed by atoms with van der Waals surface area (Å²) in [4.78, 5) is 2.60. The average molecular weight is 316 g/mol. The Labute approximate surface area is 138 Å². The molecule has 0 saturated carbocycles. The van der Waals surface area contributed by atoms with E-state index in [1.54, 1.807) is 0 Å². The van der Waals surface area contributed by atoms with Gasteiger partial charge in [0.2, 0.25) is 0 Å². The first kappa shape index (κ1) is 15.5. The highest BCUT2D eigenvalue weighted by Crippen LogP contribution is 2.30. The maximum absolute atomic E-state index is 6.07. The Morgan fingerprint density at radius 2 is 1.41 bits per heavy atom. The molecular weight excluding hydrogens is 292 g/mol. The molecule has 2 aromatic carbocycles. The minimum absolute atomic E-state index is 0.318. The molecule has 1 aliphatic heterocycles. The Morgan fingerprint density at radius 1 is 0.864 bits per heavy atom. The summed E-state index contributed by atoms with van der Waals surface area (Å²) in [7, 11) is 4.63. The van der Waals surface area contributed by atoms with Crippen molar-refractivity contribution in [1.29, 1.82) is 0 Å². The van der Waals surface area contributed by atoms with E-state index in [2.05, 4.69) is 61.5 Å². The fourth-order valence-corrected chi connectivity index (χ4v) is 3.30. The molecule has 3 rings (SSSR count). The molecule has 1 atom stereocenters. The summed E-state index contributed by atoms with van der Waals surface area (Å²) in [6, 6.07) is 19.4. The first-order valence-corrected chi connectivity index (χ1v) is 8.29. The van der Waals surface area contributed by atoms with E-state index in [4.69, 9.17) is 11.6 Å². The van der Waals surface area contributed by atoms with Crippen LogP contribution in [0.1, 0.15) is 17.2 Å². The molecule has 116 valence electrons. The van der Waals surface area contributed by atoms with Crippen LogP contribution in [0, 0.1) is 0 Å². The van der Waals surface area contributed by atoms with E-state index in [9.17, 15) is 0 Å². The van der Waals surface area contributed by atoms with Crippen molar-refractivity contribution in [2.45, 2.75) is 6.04 Å². The third-order valence-electron chi connectivity index (χ3n) is 4.65. The summed E-state index contributed by atoms with van der Waals surface area (Å²) in [6.45, 7) is 4.62. The van der Waals surface area contributed by atoms with Crippen LogP contribution in [0.3, 0.4) is 0 Å². The van der Waals surface area contributed by atoms with Crippen molar-refractivity contribution in [3.63, 3.8) is 0 Å². The van der Waals surface area contributed by atoms with Gasteiger partial charge in [-0.25, -0.2) is 0 Å². The second-order valence-corrected chi connectivity index (χ2v) is 7.22. The van der Waals surface area contributed by atoms with Crippen LogP contribution in [0.25, 0.3) is 0 Å². The van der Waals surface area contributed by atoms with Gasteiger partial charge in [-0.15, -0.1) is 0 Å². The molecule has 0 radical (unpaired) electrons. The van der Waals surface area contributed by atoms with Gasteiger partial charge in [0.05, 0.1) is 33.2 Å². The van der Waals surface area contributed by atoms with E-state index < -0.39 is 0 Å². The number of piperazine rings is 1. The lowest BCUT2D eigenvalue weighted by Crippen LogP contribution is -2.55. The standard InChI is InChI=1S/C19H24ClN2/c1-22(2)14-12-21(13-15-22)19(16-6-4-3-5-7-16)17-8-10-18(20)11-9-17/h3-11,19H,12-15H2,1-2H3/q+1. The first-order valence-electron chi connectivity index (χ1n) is 7.92. The van der Waals surface area contributed by atoms with Gasteiger partial charge in [-0.2, -0.15) is 0 Å². The van der Waals surface area contributed by atoms with E-state index in [1.165, 1.54) is 24.2 Å². The van der Waals surface area contributed by atoms with Crippen LogP contribution >= 0.6 is 11.6 Å². The van der Waals surface area contributed by atoms with Gasteiger partial charge in [0, 0.05) is 18.1 Å². The summed E-state index contributed by atoms with van der Waals surface area (Å²) in [5.41, 5.74) is 2.68. The number of likely N-dealkylation sites (N-methyl/N-ethyl adjacent to an activating group) is 1. The van der Waals surface area contributed by atoms with Crippen LogP contribution in [0.4, 0.5) is 0 Å². The molecule has 0 aliphatic carbocycles. The highest BCUT2D eigenvalue weighted by atomic mass is 35.5. The summed E-state index contributed by atoms with van der Waals surface area (Å²) in [6.07, 6.45) is 0. The fraction of sp³-hybridized carbons (Fsp3) is 0.368. The van der Waals surface area contributed by atoms with E-state index in [-0.39, 0.29) is 0 Å². The number of quaternary nitrogens is 1. The van der Waals surface area contributed by atoms with Crippen molar-refractivity contribution in [2.75, 3.05) is 40.3 Å². The van der Waals surface area contributed by atoms with Crippen molar-refractivity contribution < 1.29 is 4.48 Å². The molecule has 0 bridgehead atoms. The molecule has 2 aromatic rings. The second-order valence-electron chi connectivity index (χ2n) is 6.78. The highest BCUT2D eigenvalue weighted by Gasteiger charge is 2.30. The predicted octanol–water partition coefficient (Wildman–Crippen LogP) is 3.82. The van der Waals surface area contributed by atoms with Gasteiger partial charge in [0.25, 0.3) is 0 Å². The van der Waals surface area contributed by atoms with E-state index in [1.807, 2.05) is 12.1 Å². The van der Waals surface area contributed by atoms with Crippen LogP contribution in [0.2, 0.25) is 5.02 Å². The number of benzene rings is 2. The maximum Gasteiger partial charge on any atom is 0.0912 e. The van der Waals surface area contributed by atoms with Crippen molar-refractivity contribution >= 4 is 11.6 Å². The average Bonchev–Trinajstić information content (AvgIpc) is 2.52. The van der Waals surface area contributed by atoms with Crippen LogP contribution in [0.5, 0.6) is 0 Å². The van der Waals surface area contributed by atoms with Crippen molar-refractivity contribution in [1.82, 2.24) is 4.90 Å². The van der Waals surface area contributed by atoms with E-state index in [0.29, 0.717) is 6.04 Å². The minimum Gasteiger partial charge on any atom is -0.326 e. The third-order valence-corrected chi connectivity index (χ3v) is 4.90. The zero-order chi connectivity index (χ0) is 15.6. The normalized spacial score (nSPS) is 19.8. The van der Waals surface area contributed by atoms with Crippen molar-refractivity contribution in [3.8, 4) is 0 Å². The topological polar surface area (TPSA) is 3.24 Å². The second kappa shape index (κ2) is 6.41. The van der Waals surface area contributed by atoms with Crippen LogP contribution in [0.15, 0.2) is 54.6 Å². The van der Waals surface area contributed by atoms with Gasteiger partial charge in [-0.1, -0.05) is 54.1 Å². The lowest BCUT2D eigenvalue weighted by atomic mass is 9.96. The Balaban J connectivity index is 1.92. The van der Waals surface area contributed by atoms with Gasteiger partial charge in [-0.05, 0) is 23.3 Å². The number of hydrogen-bond acceptors (Lipinski definition) is 1. The molecule has 0 amide bonds. The molecule has 1 aliphatic rings. The molecule has 0 spiro atoms. The first-order chi connectivity index (χ1) is 10.6. The van der Waals surface area contributed by atoms with E-state index >= 15 is 0 Å². The van der Waals surface area contributed by atoms with E-state index in [0.717, 1.165) is 22.6 Å². The Morgan fingerprint density at radius 3 is 2.00 bits per heavy atom. The molecule has 22 heavy (non-hydrogen) atoms. The van der Waals surface area contributed by atoms with Crippen LogP contribution < -0.4 is 0 Å². The number of rotatable bonds is 3. The fourth-order valence-electron chi connectivity index (χ4n) is 3.17. The largest absolute Gasteiger partial charge is 0.326 e. The van der Waals surface area contributed by atoms with Gasteiger partial charge < -0.3 is 4.48 Å². The Kier molecular flexibility index (Phi) is 4.53. The summed E-state index contributed by atoms with van der Waals surface area (Å²) >= 11 is 6.07. The Hall–Kier alpha value is -1.35. The molecular formula is C19H24ClN2+. The summed E-state index contributed by atoms with van der Waals surface area (Å²) in [5, 5.41) is 0.798. The smallest absolute Gasteiger partial charge is 0.0912 e. The summed E-state index contributed by atoms with van der Waals surface area (Å²) < 4.78 is 1.11. The SMILES string of the molecule is C[N+]1(C)CCN(C(c2ccccc2)c2ccc(Cl)cc2)CC1. The predicted molar refractivity (Wildman–Crippen MR) is 93.2 cm³/mol. The lowest BCUT2D eigenvalue weighted by molar-refractivity contribution is -0.894. The quantitative estimate of drug-likeness (QED) is 0.778. The lowest BCUT2D eigenvalue weighted by Gasteiger charge is -2.42. The van der Waals surface area contributed by atoms with Crippen LogP contribution in [-0.2, 0) is 0 Å². The van der Waals surface area contributed by atoms with Gasteiger partial charge in [0.15, 0.2) is 0 Å². The molecule has 1 saturated heterocycles. The monoisotopic (exact) mass is 315 g/mol. The molecule has 1 fully saturated rings. The summed E-state index contributed by atoms with van der Waals surface area (Å²) in [5.74, 6) is 0. The molecule has 1 heterocycles. The zero-order valence-electron chi connectivity index (χ0n) is 13.4. The molecule has 0 aromatic heterocycles. The maximum atomic E-state index is 6.07. The number of halogens is 1. The highest BCUT2D eigenvalue weighted by molar-refractivity contribution is 6.30. The molecule has 1 unspecified atom stereocenters. The number of hydrogen-bond donors (Lipinski definition) is 0. The third kappa shape index (κ3) is 3.52. The van der Waals surface area contributed by atoms with Crippen molar-refractivity contribution in [3.05, 3.63) is 70.7 Å². The van der Waals surface area contributed by atoms with Gasteiger partial charge in [-0.3, -0.25) is 4.90 Å². The van der Waals surface area contributed by atoms with Crippen LogP contribution in [-0.4, -0.2) is 49.7 Å². The molecule has 2 nitrogen and oxygen atoms in total. The zero-order valence-corrected chi connectivity index (χ0v) is 14.1. The molecule has 0 N–H and O–H groups in total. The minimum atomic E-state index is 0.318. The molecule has 3 heteroatoms. The van der Waals surface area contributed by atoms with Gasteiger partial charge in [0.1, 0.15) is 0 Å².